The summed E-state index contributed by atoms with van der Waals surface area (Å²) < 4.78 is 4.28. The summed E-state index contributed by atoms with van der Waals surface area (Å²) in [6.07, 6.45) is 4.44. The Hall–Kier alpha value is -2.38. The lowest BCUT2D eigenvalue weighted by molar-refractivity contribution is 0.504. The van der Waals surface area contributed by atoms with Crippen molar-refractivity contribution in [2.75, 3.05) is 13.6 Å². The summed E-state index contributed by atoms with van der Waals surface area (Å²) >= 11 is 0. The summed E-state index contributed by atoms with van der Waals surface area (Å²) in [7, 11) is 1.79. The van der Waals surface area contributed by atoms with Crippen LogP contribution in [0.5, 0.6) is 0 Å². The predicted octanol–water partition coefficient (Wildman–Crippen LogP) is 1.18. The molecule has 3 rings (SSSR count). The molecule has 0 fully saturated rings. The predicted molar refractivity (Wildman–Crippen MR) is 97.5 cm³/mol. The molecule has 1 aliphatic heterocycles. The summed E-state index contributed by atoms with van der Waals surface area (Å²) in [5.41, 5.74) is 2.27. The van der Waals surface area contributed by atoms with Gasteiger partial charge in [0.25, 0.3) is 0 Å². The second kappa shape index (κ2) is 8.13. The van der Waals surface area contributed by atoms with E-state index in [1.54, 1.807) is 7.05 Å². The first-order valence-electron chi connectivity index (χ1n) is 9.04. The Kier molecular flexibility index (Phi) is 5.67. The van der Waals surface area contributed by atoms with E-state index in [2.05, 4.69) is 53.2 Å². The van der Waals surface area contributed by atoms with Crippen LogP contribution in [0.25, 0.3) is 0 Å². The second-order valence-corrected chi connectivity index (χ2v) is 6.50. The fourth-order valence-corrected chi connectivity index (χ4v) is 3.22. The van der Waals surface area contributed by atoms with Crippen LogP contribution in [-0.4, -0.2) is 44.1 Å². The molecule has 25 heavy (non-hydrogen) atoms. The molecule has 2 aromatic rings. The van der Waals surface area contributed by atoms with Crippen molar-refractivity contribution in [2.45, 2.75) is 59.2 Å². The molecule has 0 aliphatic carbocycles. The van der Waals surface area contributed by atoms with Crippen LogP contribution in [0, 0.1) is 13.8 Å². The van der Waals surface area contributed by atoms with Gasteiger partial charge in [-0.3, -0.25) is 9.67 Å². The number of nitrogens with zero attached hydrogens (tertiary/aromatic N) is 6. The molecular weight excluding hydrogens is 316 g/mol. The molecule has 8 nitrogen and oxygen atoms in total. The van der Waals surface area contributed by atoms with E-state index < -0.39 is 0 Å². The lowest BCUT2D eigenvalue weighted by atomic mass is 10.2. The number of aliphatic imine (C=N–C) groups is 1. The second-order valence-electron chi connectivity index (χ2n) is 6.50. The standard InChI is InChI=1S/C17H28N8/c1-13-11-14(2)25(23-13)10-6-8-19-17(18-3)20-12-16-22-21-15-7-4-5-9-24(15)16/h11H,4-10,12H2,1-3H3,(H2,18,19,20). The summed E-state index contributed by atoms with van der Waals surface area (Å²) in [5.74, 6) is 2.89. The minimum absolute atomic E-state index is 0.643. The van der Waals surface area contributed by atoms with E-state index >= 15 is 0 Å². The molecule has 0 radical (unpaired) electrons. The highest BCUT2D eigenvalue weighted by Crippen LogP contribution is 2.13. The molecule has 0 spiro atoms. The number of hydrogen-bond donors (Lipinski definition) is 2. The Morgan fingerprint density at radius 3 is 2.88 bits per heavy atom. The van der Waals surface area contributed by atoms with Gasteiger partial charge in [0.2, 0.25) is 0 Å². The molecule has 2 N–H and O–H groups in total. The largest absolute Gasteiger partial charge is 0.356 e. The summed E-state index contributed by atoms with van der Waals surface area (Å²) in [6, 6.07) is 2.10. The molecule has 1 aliphatic rings. The van der Waals surface area contributed by atoms with Gasteiger partial charge in [0, 0.05) is 38.8 Å². The van der Waals surface area contributed by atoms with Crippen molar-refractivity contribution in [3.8, 4) is 0 Å². The fourth-order valence-electron chi connectivity index (χ4n) is 3.22. The van der Waals surface area contributed by atoms with Crippen LogP contribution in [0.3, 0.4) is 0 Å². The molecule has 0 atom stereocenters. The molecule has 0 bridgehead atoms. The van der Waals surface area contributed by atoms with Crippen LogP contribution in [-0.2, 0) is 26.1 Å². The average Bonchev–Trinajstić information content (AvgIpc) is 3.17. The van der Waals surface area contributed by atoms with Crippen LogP contribution in [0.4, 0.5) is 0 Å². The highest BCUT2D eigenvalue weighted by Gasteiger charge is 2.15. The lowest BCUT2D eigenvalue weighted by Crippen LogP contribution is -2.38. The first-order chi connectivity index (χ1) is 12.2. The monoisotopic (exact) mass is 344 g/mol. The van der Waals surface area contributed by atoms with Gasteiger partial charge in [-0.15, -0.1) is 10.2 Å². The van der Waals surface area contributed by atoms with Crippen molar-refractivity contribution < 1.29 is 0 Å². The highest BCUT2D eigenvalue weighted by molar-refractivity contribution is 5.79. The SMILES string of the molecule is CN=C(NCCCn1nc(C)cc1C)NCc1nnc2n1CCCC2. The summed E-state index contributed by atoms with van der Waals surface area (Å²) in [5, 5.41) is 19.8. The number of nitrogens with one attached hydrogen (secondary N) is 2. The Balaban J connectivity index is 1.42. The van der Waals surface area contributed by atoms with Crippen LogP contribution >= 0.6 is 0 Å². The molecule has 0 amide bonds. The summed E-state index contributed by atoms with van der Waals surface area (Å²) in [4.78, 5) is 4.28. The molecule has 8 heteroatoms. The van der Waals surface area contributed by atoms with E-state index in [1.165, 1.54) is 18.5 Å². The van der Waals surface area contributed by atoms with E-state index in [1.807, 2.05) is 6.92 Å². The number of rotatable bonds is 6. The average molecular weight is 344 g/mol. The molecule has 0 unspecified atom stereocenters. The van der Waals surface area contributed by atoms with Crippen LogP contribution < -0.4 is 10.6 Å². The van der Waals surface area contributed by atoms with Gasteiger partial charge in [0.1, 0.15) is 5.82 Å². The van der Waals surface area contributed by atoms with Crippen molar-refractivity contribution >= 4 is 5.96 Å². The van der Waals surface area contributed by atoms with E-state index in [4.69, 9.17) is 0 Å². The van der Waals surface area contributed by atoms with E-state index in [-0.39, 0.29) is 0 Å². The molecule has 3 heterocycles. The van der Waals surface area contributed by atoms with Gasteiger partial charge in [-0.05, 0) is 39.2 Å². The maximum Gasteiger partial charge on any atom is 0.191 e. The molecular formula is C17H28N8. The van der Waals surface area contributed by atoms with Crippen molar-refractivity contribution in [3.05, 3.63) is 29.1 Å². The first kappa shape index (κ1) is 17.4. The van der Waals surface area contributed by atoms with E-state index in [9.17, 15) is 0 Å². The van der Waals surface area contributed by atoms with Crippen molar-refractivity contribution in [1.82, 2.24) is 35.2 Å². The Labute approximate surface area is 148 Å². The number of aromatic nitrogens is 5. The van der Waals surface area contributed by atoms with Gasteiger partial charge >= 0.3 is 0 Å². The van der Waals surface area contributed by atoms with Gasteiger partial charge in [-0.2, -0.15) is 5.10 Å². The van der Waals surface area contributed by atoms with Crippen molar-refractivity contribution in [1.29, 1.82) is 0 Å². The molecule has 0 aromatic carbocycles. The van der Waals surface area contributed by atoms with Gasteiger partial charge in [-0.1, -0.05) is 0 Å². The normalized spacial score (nSPS) is 14.4. The Morgan fingerprint density at radius 2 is 2.12 bits per heavy atom. The van der Waals surface area contributed by atoms with Gasteiger partial charge in [-0.25, -0.2) is 0 Å². The third kappa shape index (κ3) is 4.37. The minimum atomic E-state index is 0.643. The number of hydrogen-bond acceptors (Lipinski definition) is 4. The fraction of sp³-hybridized carbons (Fsp3) is 0.647. The number of fused-ring (bicyclic) bond motifs is 1. The van der Waals surface area contributed by atoms with Crippen LogP contribution in [0.15, 0.2) is 11.1 Å². The van der Waals surface area contributed by atoms with Crippen LogP contribution in [0.1, 0.15) is 42.3 Å². The maximum absolute atomic E-state index is 4.48. The zero-order valence-corrected chi connectivity index (χ0v) is 15.4. The quantitative estimate of drug-likeness (QED) is 0.467. The third-order valence-corrected chi connectivity index (χ3v) is 4.52. The topological polar surface area (TPSA) is 84.9 Å². The number of aryl methyl sites for hydroxylation is 4. The molecule has 136 valence electrons. The zero-order chi connectivity index (χ0) is 17.6. The Bertz CT molecular complexity index is 727. The molecule has 2 aromatic heterocycles. The highest BCUT2D eigenvalue weighted by atomic mass is 15.3. The minimum Gasteiger partial charge on any atom is -0.356 e. The summed E-state index contributed by atoms with van der Waals surface area (Å²) in [6.45, 7) is 7.53. The van der Waals surface area contributed by atoms with Gasteiger partial charge in [0.15, 0.2) is 11.8 Å². The van der Waals surface area contributed by atoms with Gasteiger partial charge < -0.3 is 15.2 Å². The van der Waals surface area contributed by atoms with Gasteiger partial charge in [0.05, 0.1) is 12.2 Å². The smallest absolute Gasteiger partial charge is 0.191 e. The molecule has 0 saturated carbocycles. The third-order valence-electron chi connectivity index (χ3n) is 4.52. The lowest BCUT2D eigenvalue weighted by Gasteiger charge is -2.16. The van der Waals surface area contributed by atoms with Crippen LogP contribution in [0.2, 0.25) is 0 Å². The van der Waals surface area contributed by atoms with Crippen molar-refractivity contribution in [3.63, 3.8) is 0 Å². The Morgan fingerprint density at radius 1 is 1.24 bits per heavy atom. The van der Waals surface area contributed by atoms with Crippen molar-refractivity contribution in [2.24, 2.45) is 4.99 Å². The molecule has 0 saturated heterocycles. The van der Waals surface area contributed by atoms with E-state index in [0.717, 1.165) is 55.8 Å². The zero-order valence-electron chi connectivity index (χ0n) is 15.4. The first-order valence-corrected chi connectivity index (χ1v) is 9.04. The number of guanidine groups is 1. The maximum atomic E-state index is 4.48. The van der Waals surface area contributed by atoms with E-state index in [0.29, 0.717) is 6.54 Å².